The molecule has 2 aromatic heterocycles. The van der Waals surface area contributed by atoms with E-state index >= 15 is 0 Å². The number of nitrogens with zero attached hydrogens (tertiary/aromatic N) is 3. The number of nitrogens with two attached hydrogens (primary N) is 1. The Balaban J connectivity index is 2.23. The van der Waals surface area contributed by atoms with E-state index < -0.39 is 0 Å². The minimum atomic E-state index is -0.0200. The van der Waals surface area contributed by atoms with Gasteiger partial charge in [-0.05, 0) is 26.3 Å². The lowest BCUT2D eigenvalue weighted by atomic mass is 10.2. The molecule has 0 bridgehead atoms. The van der Waals surface area contributed by atoms with Gasteiger partial charge in [0.25, 0.3) is 0 Å². The monoisotopic (exact) mass is 246 g/mol. The van der Waals surface area contributed by atoms with Gasteiger partial charge in [-0.1, -0.05) is 6.07 Å². The highest BCUT2D eigenvalue weighted by Crippen LogP contribution is 2.26. The maximum Gasteiger partial charge on any atom is 0.219 e. The van der Waals surface area contributed by atoms with E-state index in [4.69, 9.17) is 10.5 Å². The molecule has 5 heteroatoms. The lowest BCUT2D eigenvalue weighted by Crippen LogP contribution is -2.05. The normalized spacial score (nSPS) is 12.5. The zero-order valence-corrected chi connectivity index (χ0v) is 11.1. The number of hydrogen-bond acceptors (Lipinski definition) is 4. The van der Waals surface area contributed by atoms with Crippen LogP contribution in [-0.2, 0) is 7.05 Å². The molecular formula is C13H18N4O. The first-order valence-corrected chi connectivity index (χ1v) is 5.88. The Kier molecular flexibility index (Phi) is 3.34. The highest BCUT2D eigenvalue weighted by molar-refractivity contribution is 5.35. The first kappa shape index (κ1) is 12.6. The van der Waals surface area contributed by atoms with Crippen LogP contribution < -0.4 is 10.5 Å². The van der Waals surface area contributed by atoms with Gasteiger partial charge in [0.05, 0.1) is 5.69 Å². The maximum absolute atomic E-state index is 5.77. The van der Waals surface area contributed by atoms with Gasteiger partial charge in [0.1, 0.15) is 5.69 Å². The van der Waals surface area contributed by atoms with Crippen molar-refractivity contribution in [1.29, 1.82) is 0 Å². The van der Waals surface area contributed by atoms with Crippen molar-refractivity contribution in [2.45, 2.75) is 26.8 Å². The average molecular weight is 246 g/mol. The van der Waals surface area contributed by atoms with Crippen LogP contribution in [-0.4, -0.2) is 14.8 Å². The smallest absolute Gasteiger partial charge is 0.219 e. The van der Waals surface area contributed by atoms with Crippen LogP contribution in [0.15, 0.2) is 18.3 Å². The van der Waals surface area contributed by atoms with E-state index in [-0.39, 0.29) is 6.04 Å². The summed E-state index contributed by atoms with van der Waals surface area (Å²) in [7, 11) is 1.89. The molecule has 1 atom stereocenters. The van der Waals surface area contributed by atoms with Crippen molar-refractivity contribution in [3.05, 3.63) is 35.3 Å². The van der Waals surface area contributed by atoms with Crippen molar-refractivity contribution in [2.24, 2.45) is 12.8 Å². The van der Waals surface area contributed by atoms with E-state index in [1.807, 2.05) is 40.0 Å². The zero-order chi connectivity index (χ0) is 13.3. The SMILES string of the molecule is Cc1nn(C)c(C)c1Oc1ccc([C@H](C)N)cn1. The molecule has 0 aliphatic rings. The van der Waals surface area contributed by atoms with Crippen molar-refractivity contribution in [1.82, 2.24) is 14.8 Å². The van der Waals surface area contributed by atoms with Crippen molar-refractivity contribution >= 4 is 0 Å². The fraction of sp³-hybridized carbons (Fsp3) is 0.385. The molecule has 96 valence electrons. The molecule has 2 aromatic rings. The van der Waals surface area contributed by atoms with Crippen LogP contribution in [0.25, 0.3) is 0 Å². The summed E-state index contributed by atoms with van der Waals surface area (Å²) in [6.07, 6.45) is 1.74. The third-order valence-electron chi connectivity index (χ3n) is 2.93. The van der Waals surface area contributed by atoms with E-state index in [0.717, 1.165) is 22.7 Å². The van der Waals surface area contributed by atoms with Crippen LogP contribution in [0.4, 0.5) is 0 Å². The van der Waals surface area contributed by atoms with E-state index in [1.165, 1.54) is 0 Å². The van der Waals surface area contributed by atoms with Crippen molar-refractivity contribution in [3.8, 4) is 11.6 Å². The Morgan fingerprint density at radius 2 is 2.06 bits per heavy atom. The second-order valence-electron chi connectivity index (χ2n) is 4.44. The van der Waals surface area contributed by atoms with Gasteiger partial charge in [-0.25, -0.2) is 4.98 Å². The van der Waals surface area contributed by atoms with Gasteiger partial charge in [0.15, 0.2) is 5.75 Å². The number of aromatic nitrogens is 3. The highest BCUT2D eigenvalue weighted by atomic mass is 16.5. The molecule has 0 radical (unpaired) electrons. The van der Waals surface area contributed by atoms with Gasteiger partial charge in [0.2, 0.25) is 5.88 Å². The predicted molar refractivity (Wildman–Crippen MR) is 69.6 cm³/mol. The van der Waals surface area contributed by atoms with Crippen LogP contribution >= 0.6 is 0 Å². The lowest BCUT2D eigenvalue weighted by Gasteiger charge is -2.07. The second kappa shape index (κ2) is 4.78. The van der Waals surface area contributed by atoms with Gasteiger partial charge >= 0.3 is 0 Å². The molecule has 0 aromatic carbocycles. The zero-order valence-electron chi connectivity index (χ0n) is 11.1. The third kappa shape index (κ3) is 2.36. The molecule has 2 rings (SSSR count). The first-order chi connectivity index (χ1) is 8.49. The average Bonchev–Trinajstić information content (AvgIpc) is 2.57. The minimum absolute atomic E-state index is 0.0200. The Bertz CT molecular complexity index is 543. The molecule has 0 aliphatic carbocycles. The molecule has 18 heavy (non-hydrogen) atoms. The third-order valence-corrected chi connectivity index (χ3v) is 2.93. The Morgan fingerprint density at radius 1 is 1.33 bits per heavy atom. The molecule has 0 unspecified atom stereocenters. The van der Waals surface area contributed by atoms with Crippen molar-refractivity contribution in [2.75, 3.05) is 0 Å². The minimum Gasteiger partial charge on any atom is -0.435 e. The predicted octanol–water partition coefficient (Wildman–Crippen LogP) is 2.24. The van der Waals surface area contributed by atoms with E-state index in [0.29, 0.717) is 5.88 Å². The highest BCUT2D eigenvalue weighted by Gasteiger charge is 2.12. The van der Waals surface area contributed by atoms with E-state index in [2.05, 4.69) is 10.1 Å². The summed E-state index contributed by atoms with van der Waals surface area (Å²) in [5.74, 6) is 1.32. The number of rotatable bonds is 3. The molecule has 2 heterocycles. The van der Waals surface area contributed by atoms with Crippen LogP contribution in [0.2, 0.25) is 0 Å². The van der Waals surface area contributed by atoms with Gasteiger partial charge in [-0.2, -0.15) is 5.10 Å². The summed E-state index contributed by atoms with van der Waals surface area (Å²) < 4.78 is 7.55. The number of aryl methyl sites for hydroxylation is 2. The fourth-order valence-electron chi connectivity index (χ4n) is 1.73. The van der Waals surface area contributed by atoms with Crippen LogP contribution in [0, 0.1) is 13.8 Å². The number of ether oxygens (including phenoxy) is 1. The van der Waals surface area contributed by atoms with Crippen LogP contribution in [0.3, 0.4) is 0 Å². The Hall–Kier alpha value is -1.88. The molecule has 0 aliphatic heterocycles. The van der Waals surface area contributed by atoms with Crippen molar-refractivity contribution < 1.29 is 4.74 Å². The summed E-state index contributed by atoms with van der Waals surface area (Å²) >= 11 is 0. The van der Waals surface area contributed by atoms with Gasteiger partial charge < -0.3 is 10.5 Å². The van der Waals surface area contributed by atoms with E-state index in [1.54, 1.807) is 10.9 Å². The van der Waals surface area contributed by atoms with E-state index in [9.17, 15) is 0 Å². The molecule has 0 fully saturated rings. The Labute approximate surface area is 107 Å². The quantitative estimate of drug-likeness (QED) is 0.902. The van der Waals surface area contributed by atoms with Gasteiger partial charge in [-0.3, -0.25) is 4.68 Å². The lowest BCUT2D eigenvalue weighted by molar-refractivity contribution is 0.454. The van der Waals surface area contributed by atoms with Crippen LogP contribution in [0.5, 0.6) is 11.6 Å². The molecule has 0 saturated carbocycles. The topological polar surface area (TPSA) is 66.0 Å². The summed E-state index contributed by atoms with van der Waals surface area (Å²) in [6, 6.07) is 3.73. The molecule has 0 spiro atoms. The summed E-state index contributed by atoms with van der Waals surface area (Å²) in [5, 5.41) is 4.30. The summed E-state index contributed by atoms with van der Waals surface area (Å²) in [6.45, 7) is 5.80. The van der Waals surface area contributed by atoms with Gasteiger partial charge in [-0.15, -0.1) is 0 Å². The first-order valence-electron chi connectivity index (χ1n) is 5.88. The fourth-order valence-corrected chi connectivity index (χ4v) is 1.73. The molecule has 0 saturated heterocycles. The Morgan fingerprint density at radius 3 is 2.50 bits per heavy atom. The number of hydrogen-bond donors (Lipinski definition) is 1. The van der Waals surface area contributed by atoms with Crippen molar-refractivity contribution in [3.63, 3.8) is 0 Å². The largest absolute Gasteiger partial charge is 0.435 e. The molecule has 0 amide bonds. The second-order valence-corrected chi connectivity index (χ2v) is 4.44. The molecular weight excluding hydrogens is 228 g/mol. The number of pyridine rings is 1. The summed E-state index contributed by atoms with van der Waals surface area (Å²) in [4.78, 5) is 4.25. The molecule has 2 N–H and O–H groups in total. The maximum atomic E-state index is 5.77. The summed E-state index contributed by atoms with van der Waals surface area (Å²) in [5.41, 5.74) is 8.59. The molecule has 5 nitrogen and oxygen atoms in total. The van der Waals surface area contributed by atoms with Crippen LogP contribution in [0.1, 0.15) is 29.9 Å². The standard InChI is InChI=1S/C13H18N4O/c1-8(14)11-5-6-12(15-7-11)18-13-9(2)16-17(4)10(13)3/h5-8H,14H2,1-4H3/t8-/m0/s1. The van der Waals surface area contributed by atoms with Gasteiger partial charge in [0, 0.05) is 25.4 Å².